The predicted molar refractivity (Wildman–Crippen MR) is 116 cm³/mol. The van der Waals surface area contributed by atoms with Crippen LogP contribution in [0, 0.1) is 5.82 Å². The van der Waals surface area contributed by atoms with E-state index in [0.29, 0.717) is 0 Å². The second-order valence-corrected chi connectivity index (χ2v) is 7.53. The first-order valence-corrected chi connectivity index (χ1v) is 10.1. The van der Waals surface area contributed by atoms with Gasteiger partial charge in [-0.15, -0.1) is 0 Å². The van der Waals surface area contributed by atoms with Crippen molar-refractivity contribution in [3.05, 3.63) is 79.8 Å². The number of para-hydroxylation sites is 2. The fourth-order valence-electron chi connectivity index (χ4n) is 3.05. The normalized spacial score (nSPS) is 12.3. The summed E-state index contributed by atoms with van der Waals surface area (Å²) < 4.78 is 70.6. The number of aromatic nitrogens is 2. The van der Waals surface area contributed by atoms with Crippen molar-refractivity contribution in [2.24, 2.45) is 7.05 Å². The summed E-state index contributed by atoms with van der Waals surface area (Å²) in [6.45, 7) is 1.24. The Balaban J connectivity index is 2.11. The van der Waals surface area contributed by atoms with Crippen molar-refractivity contribution in [2.75, 3.05) is 7.11 Å². The molecule has 1 unspecified atom stereocenters. The molecule has 1 aromatic heterocycles. The lowest BCUT2D eigenvalue weighted by Gasteiger charge is -2.18. The van der Waals surface area contributed by atoms with Crippen molar-refractivity contribution in [2.45, 2.75) is 19.4 Å². The molecule has 3 rings (SSSR count). The molecule has 35 heavy (non-hydrogen) atoms. The van der Waals surface area contributed by atoms with Crippen LogP contribution >= 0.6 is 11.6 Å². The first-order valence-electron chi connectivity index (χ1n) is 9.71. The largest absolute Gasteiger partial charge is 0.453 e. The second kappa shape index (κ2) is 9.92. The molecule has 0 bridgehead atoms. The number of carbonyl (C=O) groups excluding carboxylic acids is 1. The Morgan fingerprint density at radius 1 is 1.06 bits per heavy atom. The maximum Gasteiger partial charge on any atom is 0.431 e. The van der Waals surface area contributed by atoms with E-state index in [0.717, 1.165) is 19.2 Å². The summed E-state index contributed by atoms with van der Waals surface area (Å²) >= 11 is 6.07. The third kappa shape index (κ3) is 5.38. The first kappa shape index (κ1) is 26.0. The van der Waals surface area contributed by atoms with Crippen molar-refractivity contribution in [3.8, 4) is 22.9 Å². The van der Waals surface area contributed by atoms with Crippen LogP contribution < -0.4 is 20.7 Å². The highest BCUT2D eigenvalue weighted by Crippen LogP contribution is 2.37. The molecule has 1 heterocycles. The topological polar surface area (TPSA) is 88.8 Å². The van der Waals surface area contributed by atoms with E-state index in [1.165, 1.54) is 26.2 Å². The molecule has 0 saturated heterocycles. The van der Waals surface area contributed by atoms with Gasteiger partial charge in [-0.3, -0.25) is 14.2 Å². The lowest BCUT2D eigenvalue weighted by atomic mass is 10.2. The second-order valence-electron chi connectivity index (χ2n) is 7.12. The smallest absolute Gasteiger partial charge is 0.431 e. The molecule has 13 heteroatoms. The number of hydrogen-bond donors (Lipinski definition) is 0. The van der Waals surface area contributed by atoms with Gasteiger partial charge >= 0.3 is 11.9 Å². The molecule has 0 spiro atoms. The Bertz CT molecular complexity index is 1400. The zero-order valence-corrected chi connectivity index (χ0v) is 19.1. The van der Waals surface area contributed by atoms with Crippen LogP contribution in [0.15, 0.2) is 52.1 Å². The van der Waals surface area contributed by atoms with Gasteiger partial charge in [-0.2, -0.15) is 13.2 Å². The van der Waals surface area contributed by atoms with Crippen LogP contribution in [-0.2, 0) is 22.8 Å². The van der Waals surface area contributed by atoms with E-state index < -0.39 is 46.7 Å². The van der Waals surface area contributed by atoms with Gasteiger partial charge in [0, 0.05) is 33.2 Å². The number of alkyl halides is 3. The third-order valence-corrected chi connectivity index (χ3v) is 5.00. The van der Waals surface area contributed by atoms with Gasteiger partial charge in [0.05, 0.1) is 10.7 Å². The van der Waals surface area contributed by atoms with E-state index in [1.54, 1.807) is 12.1 Å². The van der Waals surface area contributed by atoms with Crippen LogP contribution in [0.5, 0.6) is 17.2 Å². The fraction of sp³-hybridized carbons (Fsp3) is 0.227. The zero-order valence-electron chi connectivity index (χ0n) is 18.4. The van der Waals surface area contributed by atoms with E-state index in [2.05, 4.69) is 0 Å². The highest BCUT2D eigenvalue weighted by Gasteiger charge is 2.35. The average molecular weight is 517 g/mol. The lowest BCUT2D eigenvalue weighted by Crippen LogP contribution is -2.41. The SMILES string of the molecule is COC(Oc1ccccc1Oc1cc(-n2c(=O)cc(C(F)(F)F)n(C)c2=O)c(F)cc1Cl)C(C)=O. The van der Waals surface area contributed by atoms with Crippen LogP contribution in [0.25, 0.3) is 5.69 Å². The Morgan fingerprint density at radius 2 is 1.69 bits per heavy atom. The number of ether oxygens (including phenoxy) is 3. The highest BCUT2D eigenvalue weighted by molar-refractivity contribution is 6.32. The number of Topliss-reactive ketones (excluding diaryl/α,β-unsaturated/α-hetero) is 1. The van der Waals surface area contributed by atoms with Crippen molar-refractivity contribution in [3.63, 3.8) is 0 Å². The van der Waals surface area contributed by atoms with Gasteiger partial charge in [-0.05, 0) is 18.2 Å². The molecule has 1 atom stereocenters. The number of rotatable bonds is 7. The Morgan fingerprint density at radius 3 is 2.26 bits per heavy atom. The molecule has 0 N–H and O–H groups in total. The quantitative estimate of drug-likeness (QED) is 0.347. The monoisotopic (exact) mass is 516 g/mol. The molecule has 3 aromatic rings. The standard InChI is InChI=1S/C22H17ClF4N2O6/c1-11(30)20(33-3)35-16-7-5-4-6-15(16)34-17-9-14(13(24)8-12(17)23)29-19(31)10-18(22(25,26)27)28(2)21(29)32/h4-10,20H,1-3H3. The van der Waals surface area contributed by atoms with E-state index in [1.807, 2.05) is 0 Å². The number of methoxy groups -OCH3 is 1. The molecule has 186 valence electrons. The van der Waals surface area contributed by atoms with Crippen molar-refractivity contribution < 1.29 is 36.6 Å². The van der Waals surface area contributed by atoms with E-state index >= 15 is 0 Å². The van der Waals surface area contributed by atoms with Gasteiger partial charge in [0.15, 0.2) is 17.3 Å². The zero-order chi connectivity index (χ0) is 26.1. The number of carbonyl (C=O) groups is 1. The van der Waals surface area contributed by atoms with Gasteiger partial charge in [0.2, 0.25) is 0 Å². The maximum absolute atomic E-state index is 14.7. The average Bonchev–Trinajstić information content (AvgIpc) is 2.77. The number of nitrogens with zero attached hydrogens (tertiary/aromatic N) is 2. The van der Waals surface area contributed by atoms with Crippen LogP contribution in [0.4, 0.5) is 17.6 Å². The molecule has 0 fully saturated rings. The summed E-state index contributed by atoms with van der Waals surface area (Å²) in [6, 6.07) is 7.76. The van der Waals surface area contributed by atoms with Gasteiger partial charge in [-0.25, -0.2) is 13.8 Å². The highest BCUT2D eigenvalue weighted by atomic mass is 35.5. The Kier molecular flexibility index (Phi) is 7.36. The summed E-state index contributed by atoms with van der Waals surface area (Å²) in [5.41, 5.74) is -5.05. The molecule has 0 aliphatic carbocycles. The molecule has 0 aliphatic rings. The lowest BCUT2D eigenvalue weighted by molar-refractivity contribution is -0.144. The summed E-state index contributed by atoms with van der Waals surface area (Å²) in [5.74, 6) is -1.82. The third-order valence-electron chi connectivity index (χ3n) is 4.70. The van der Waals surface area contributed by atoms with Crippen LogP contribution in [0.3, 0.4) is 0 Å². The van der Waals surface area contributed by atoms with Gasteiger partial charge < -0.3 is 14.2 Å². The van der Waals surface area contributed by atoms with Crippen molar-refractivity contribution >= 4 is 17.4 Å². The maximum atomic E-state index is 14.7. The molecule has 2 aromatic carbocycles. The first-order chi connectivity index (χ1) is 16.3. The van der Waals surface area contributed by atoms with Crippen LogP contribution in [-0.4, -0.2) is 28.3 Å². The predicted octanol–water partition coefficient (Wildman–Crippen LogP) is 4.08. The molecule has 0 amide bonds. The molecule has 8 nitrogen and oxygen atoms in total. The van der Waals surface area contributed by atoms with E-state index in [4.69, 9.17) is 25.8 Å². The Labute approximate surface area is 199 Å². The van der Waals surface area contributed by atoms with Gasteiger partial charge in [0.1, 0.15) is 17.3 Å². The van der Waals surface area contributed by atoms with Gasteiger partial charge in [0.25, 0.3) is 11.8 Å². The van der Waals surface area contributed by atoms with Crippen molar-refractivity contribution in [1.29, 1.82) is 0 Å². The minimum atomic E-state index is -4.98. The number of ketones is 1. The molecule has 0 radical (unpaired) electrons. The van der Waals surface area contributed by atoms with Gasteiger partial charge in [-0.1, -0.05) is 23.7 Å². The van der Waals surface area contributed by atoms with Crippen LogP contribution in [0.1, 0.15) is 12.6 Å². The number of hydrogen-bond acceptors (Lipinski definition) is 6. The molecule has 0 saturated carbocycles. The minimum Gasteiger partial charge on any atom is -0.453 e. The number of halogens is 5. The van der Waals surface area contributed by atoms with E-state index in [-0.39, 0.29) is 37.5 Å². The van der Waals surface area contributed by atoms with Crippen molar-refractivity contribution in [1.82, 2.24) is 9.13 Å². The molecular formula is C22H17ClF4N2O6. The summed E-state index contributed by atoms with van der Waals surface area (Å²) in [7, 11) is 2.04. The van der Waals surface area contributed by atoms with E-state index in [9.17, 15) is 31.9 Å². The molecular weight excluding hydrogens is 500 g/mol. The number of benzene rings is 2. The summed E-state index contributed by atoms with van der Waals surface area (Å²) in [4.78, 5) is 36.6. The Hall–Kier alpha value is -3.64. The molecule has 0 aliphatic heterocycles. The van der Waals surface area contributed by atoms with Crippen LogP contribution in [0.2, 0.25) is 5.02 Å². The fourth-order valence-corrected chi connectivity index (χ4v) is 3.24. The summed E-state index contributed by atoms with van der Waals surface area (Å²) in [6.07, 6.45) is -6.24. The minimum absolute atomic E-state index is 0.00271. The summed E-state index contributed by atoms with van der Waals surface area (Å²) in [5, 5.41) is -0.285.